The largest absolute Gasteiger partial charge is 0.478 e. The number of hydrogen-bond donors (Lipinski definition) is 4. The summed E-state index contributed by atoms with van der Waals surface area (Å²) in [5, 5.41) is 10.0. The Bertz CT molecular complexity index is 1220. The van der Waals surface area contributed by atoms with Crippen LogP contribution in [0.1, 0.15) is 48.9 Å². The van der Waals surface area contributed by atoms with Crippen LogP contribution in [0, 0.1) is 0 Å². The number of benzene rings is 1. The van der Waals surface area contributed by atoms with Crippen molar-refractivity contribution in [2.24, 2.45) is 0 Å². The zero-order valence-electron chi connectivity index (χ0n) is 15.1. The first kappa shape index (κ1) is 18.7. The van der Waals surface area contributed by atoms with Gasteiger partial charge < -0.3 is 15.1 Å². The van der Waals surface area contributed by atoms with Crippen molar-refractivity contribution in [3.05, 3.63) is 40.3 Å². The predicted molar refractivity (Wildman–Crippen MR) is 105 cm³/mol. The summed E-state index contributed by atoms with van der Waals surface area (Å²) < 4.78 is 28.6. The lowest BCUT2D eigenvalue weighted by atomic mass is 10.1. The number of pyridine rings is 1. The second-order valence-corrected chi connectivity index (χ2v) is 8.94. The quantitative estimate of drug-likeness (QED) is 0.497. The van der Waals surface area contributed by atoms with Crippen molar-refractivity contribution >= 4 is 37.8 Å². The number of carboxylic acids is 1. The summed E-state index contributed by atoms with van der Waals surface area (Å²) in [6.45, 7) is 0. The number of hydrogen-bond acceptors (Lipinski definition) is 4. The summed E-state index contributed by atoms with van der Waals surface area (Å²) in [6, 6.07) is 4.25. The molecule has 1 saturated carbocycles. The van der Waals surface area contributed by atoms with Crippen LogP contribution in [0.15, 0.2) is 34.1 Å². The van der Waals surface area contributed by atoms with Gasteiger partial charge in [-0.25, -0.2) is 17.9 Å². The second kappa shape index (κ2) is 7.06. The Balaban J connectivity index is 1.83. The first-order valence-corrected chi connectivity index (χ1v) is 10.8. The number of carboxylic acid groups (broad SMARTS) is 1. The molecule has 0 unspecified atom stereocenters. The highest BCUT2D eigenvalue weighted by Crippen LogP contribution is 2.27. The number of nitrogens with one attached hydrogen (secondary N) is 3. The van der Waals surface area contributed by atoms with Crippen LogP contribution >= 0.6 is 0 Å². The van der Waals surface area contributed by atoms with Crippen molar-refractivity contribution in [1.29, 1.82) is 0 Å². The van der Waals surface area contributed by atoms with Gasteiger partial charge in [-0.2, -0.15) is 0 Å². The molecule has 0 spiro atoms. The molecule has 1 aliphatic rings. The molecule has 1 aromatic carbocycles. The molecule has 9 heteroatoms. The van der Waals surface area contributed by atoms with Gasteiger partial charge in [0, 0.05) is 28.5 Å². The van der Waals surface area contributed by atoms with E-state index in [-0.39, 0.29) is 27.4 Å². The molecular weight excluding hydrogens is 382 g/mol. The van der Waals surface area contributed by atoms with Crippen LogP contribution in [0.4, 0.5) is 0 Å². The van der Waals surface area contributed by atoms with Crippen LogP contribution in [-0.4, -0.2) is 35.5 Å². The zero-order chi connectivity index (χ0) is 19.9. The Labute approximate surface area is 161 Å². The standard InChI is InChI=1S/C19H21N3O5S/c23-18-17-16(14(10-20-17)19(24)25)13-9-12(7-8-15(13)21-18)28(26,27)22-11-5-3-1-2-4-6-11/h7-11,20,22H,1-6H2,(H,21,23)(H,24,25). The average molecular weight is 403 g/mol. The van der Waals surface area contributed by atoms with E-state index in [1.54, 1.807) is 0 Å². The molecule has 0 bridgehead atoms. The van der Waals surface area contributed by atoms with Crippen LogP contribution in [-0.2, 0) is 10.0 Å². The van der Waals surface area contributed by atoms with Crippen LogP contribution in [0.3, 0.4) is 0 Å². The maximum atomic E-state index is 12.9. The van der Waals surface area contributed by atoms with E-state index >= 15 is 0 Å². The third-order valence-corrected chi connectivity index (χ3v) is 6.85. The van der Waals surface area contributed by atoms with Gasteiger partial charge in [-0.3, -0.25) is 4.79 Å². The van der Waals surface area contributed by atoms with E-state index in [1.165, 1.54) is 24.4 Å². The fraction of sp³-hybridized carbons (Fsp3) is 0.368. The molecule has 3 aromatic rings. The van der Waals surface area contributed by atoms with Gasteiger partial charge in [0.05, 0.1) is 10.5 Å². The van der Waals surface area contributed by atoms with Crippen LogP contribution < -0.4 is 10.3 Å². The SMILES string of the molecule is O=C(O)c1c[nH]c2c(=O)[nH]c3ccc(S(=O)(=O)NC4CCCCCC4)cc3c12. The number of aromatic carboxylic acids is 1. The van der Waals surface area contributed by atoms with Crippen molar-refractivity contribution in [3.8, 4) is 0 Å². The number of carbonyl (C=O) groups is 1. The topological polar surface area (TPSA) is 132 Å². The van der Waals surface area contributed by atoms with Crippen molar-refractivity contribution in [3.63, 3.8) is 0 Å². The number of rotatable bonds is 4. The molecule has 4 rings (SSSR count). The lowest BCUT2D eigenvalue weighted by Crippen LogP contribution is -2.34. The highest BCUT2D eigenvalue weighted by molar-refractivity contribution is 7.89. The third-order valence-electron chi connectivity index (χ3n) is 5.33. The third kappa shape index (κ3) is 3.31. The lowest BCUT2D eigenvalue weighted by molar-refractivity contribution is 0.0699. The van der Waals surface area contributed by atoms with E-state index < -0.39 is 21.6 Å². The maximum absolute atomic E-state index is 12.9. The molecule has 0 atom stereocenters. The molecule has 1 aliphatic carbocycles. The van der Waals surface area contributed by atoms with E-state index in [2.05, 4.69) is 14.7 Å². The minimum absolute atomic E-state index is 0.0511. The summed E-state index contributed by atoms with van der Waals surface area (Å²) in [5.41, 5.74) is -0.0382. The summed E-state index contributed by atoms with van der Waals surface area (Å²) in [5.74, 6) is -1.19. The molecule has 4 N–H and O–H groups in total. The van der Waals surface area contributed by atoms with Gasteiger partial charge in [-0.05, 0) is 31.0 Å². The van der Waals surface area contributed by atoms with Crippen LogP contribution in [0.2, 0.25) is 0 Å². The Morgan fingerprint density at radius 1 is 1.14 bits per heavy atom. The highest BCUT2D eigenvalue weighted by Gasteiger charge is 2.23. The molecule has 28 heavy (non-hydrogen) atoms. The van der Waals surface area contributed by atoms with Crippen molar-refractivity contribution in [1.82, 2.24) is 14.7 Å². The number of H-pyrrole nitrogens is 2. The minimum Gasteiger partial charge on any atom is -0.478 e. The minimum atomic E-state index is -3.76. The molecule has 8 nitrogen and oxygen atoms in total. The van der Waals surface area contributed by atoms with E-state index in [9.17, 15) is 23.1 Å². The van der Waals surface area contributed by atoms with Gasteiger partial charge in [0.2, 0.25) is 10.0 Å². The highest BCUT2D eigenvalue weighted by atomic mass is 32.2. The van der Waals surface area contributed by atoms with Gasteiger partial charge >= 0.3 is 5.97 Å². The van der Waals surface area contributed by atoms with Crippen molar-refractivity contribution in [2.75, 3.05) is 0 Å². The maximum Gasteiger partial charge on any atom is 0.337 e. The molecular formula is C19H21N3O5S. The van der Waals surface area contributed by atoms with E-state index in [1.807, 2.05) is 0 Å². The van der Waals surface area contributed by atoms with Gasteiger partial charge in [0.15, 0.2) is 0 Å². The zero-order valence-corrected chi connectivity index (χ0v) is 15.9. The number of aromatic nitrogens is 2. The Kier molecular flexibility index (Phi) is 4.72. The Morgan fingerprint density at radius 3 is 2.54 bits per heavy atom. The van der Waals surface area contributed by atoms with Gasteiger partial charge in [0.25, 0.3) is 5.56 Å². The van der Waals surface area contributed by atoms with Crippen molar-refractivity contribution < 1.29 is 18.3 Å². The molecule has 0 saturated heterocycles. The first-order chi connectivity index (χ1) is 13.4. The molecule has 0 aliphatic heterocycles. The summed E-state index contributed by atoms with van der Waals surface area (Å²) in [6.07, 6.45) is 7.09. The van der Waals surface area contributed by atoms with Gasteiger partial charge in [-0.1, -0.05) is 25.7 Å². The summed E-state index contributed by atoms with van der Waals surface area (Å²) in [7, 11) is -3.76. The average Bonchev–Trinajstić information content (AvgIpc) is 2.96. The Hall–Kier alpha value is -2.65. The van der Waals surface area contributed by atoms with Crippen molar-refractivity contribution in [2.45, 2.75) is 49.5 Å². The number of aromatic amines is 2. The van der Waals surface area contributed by atoms with E-state index in [0.717, 1.165) is 38.5 Å². The summed E-state index contributed by atoms with van der Waals surface area (Å²) >= 11 is 0. The van der Waals surface area contributed by atoms with Crippen LogP contribution in [0.5, 0.6) is 0 Å². The first-order valence-electron chi connectivity index (χ1n) is 9.29. The monoisotopic (exact) mass is 403 g/mol. The fourth-order valence-corrected chi connectivity index (χ4v) is 5.26. The molecule has 2 heterocycles. The number of fused-ring (bicyclic) bond motifs is 3. The lowest BCUT2D eigenvalue weighted by Gasteiger charge is -2.16. The molecule has 0 amide bonds. The Morgan fingerprint density at radius 2 is 1.86 bits per heavy atom. The van der Waals surface area contributed by atoms with Crippen LogP contribution in [0.25, 0.3) is 21.8 Å². The molecule has 2 aromatic heterocycles. The fourth-order valence-electron chi connectivity index (χ4n) is 3.93. The smallest absolute Gasteiger partial charge is 0.337 e. The number of sulfonamides is 1. The second-order valence-electron chi connectivity index (χ2n) is 7.23. The van der Waals surface area contributed by atoms with Gasteiger partial charge in [0.1, 0.15) is 5.52 Å². The molecule has 148 valence electrons. The molecule has 1 fully saturated rings. The summed E-state index contributed by atoms with van der Waals surface area (Å²) in [4.78, 5) is 29.1. The predicted octanol–water partition coefficient (Wildman–Crippen LogP) is 2.71. The normalized spacial score (nSPS) is 16.4. The van der Waals surface area contributed by atoms with E-state index in [0.29, 0.717) is 10.9 Å². The van der Waals surface area contributed by atoms with Gasteiger partial charge in [-0.15, -0.1) is 0 Å². The molecule has 0 radical (unpaired) electrons. The van der Waals surface area contributed by atoms with E-state index in [4.69, 9.17) is 0 Å².